The van der Waals surface area contributed by atoms with Gasteiger partial charge in [-0.2, -0.15) is 4.98 Å². The van der Waals surface area contributed by atoms with E-state index in [1.165, 1.54) is 0 Å². The fourth-order valence-corrected chi connectivity index (χ4v) is 4.04. The van der Waals surface area contributed by atoms with Crippen molar-refractivity contribution in [2.45, 2.75) is 27.3 Å². The average molecular weight is 386 g/mol. The number of hydrogen-bond acceptors (Lipinski definition) is 7. The Labute approximate surface area is 161 Å². The Bertz CT molecular complexity index is 936. The molecule has 0 N–H and O–H groups in total. The Balaban J connectivity index is 1.36. The highest BCUT2D eigenvalue weighted by Crippen LogP contribution is 2.24. The zero-order chi connectivity index (χ0) is 19.0. The molecule has 1 aliphatic rings. The van der Waals surface area contributed by atoms with Crippen molar-refractivity contribution in [3.63, 3.8) is 0 Å². The Hall–Kier alpha value is -2.45. The Morgan fingerprint density at radius 3 is 2.59 bits per heavy atom. The van der Waals surface area contributed by atoms with Crippen molar-refractivity contribution in [1.29, 1.82) is 0 Å². The molecule has 0 unspecified atom stereocenters. The van der Waals surface area contributed by atoms with E-state index in [-0.39, 0.29) is 5.91 Å². The van der Waals surface area contributed by atoms with Crippen LogP contribution in [0.4, 0.5) is 0 Å². The second kappa shape index (κ2) is 7.28. The molecular weight excluding hydrogens is 364 g/mol. The zero-order valence-corrected chi connectivity index (χ0v) is 16.5. The molecule has 8 heteroatoms. The number of aryl methyl sites for hydroxylation is 2. The molecule has 3 aromatic heterocycles. The number of carbonyl (C=O) groups excluding carboxylic acids is 1. The monoisotopic (exact) mass is 386 g/mol. The van der Waals surface area contributed by atoms with E-state index in [4.69, 9.17) is 8.94 Å². The molecule has 1 amide bonds. The topological polar surface area (TPSA) is 75.6 Å². The van der Waals surface area contributed by atoms with Crippen molar-refractivity contribution < 1.29 is 13.7 Å². The van der Waals surface area contributed by atoms with Crippen molar-refractivity contribution in [2.75, 3.05) is 26.2 Å². The maximum Gasteiger partial charge on any atom is 0.257 e. The lowest BCUT2D eigenvalue weighted by atomic mass is 10.1. The van der Waals surface area contributed by atoms with Crippen molar-refractivity contribution in [3.05, 3.63) is 46.1 Å². The molecule has 1 fully saturated rings. The highest BCUT2D eigenvalue weighted by molar-refractivity contribution is 7.13. The number of rotatable bonds is 4. The van der Waals surface area contributed by atoms with Crippen LogP contribution in [0.15, 0.2) is 26.5 Å². The largest absolute Gasteiger partial charge is 0.466 e. The third-order valence-electron chi connectivity index (χ3n) is 5.00. The van der Waals surface area contributed by atoms with Gasteiger partial charge in [0.1, 0.15) is 11.5 Å². The third kappa shape index (κ3) is 3.54. The summed E-state index contributed by atoms with van der Waals surface area (Å²) in [6.45, 7) is 9.19. The first-order chi connectivity index (χ1) is 13.0. The maximum atomic E-state index is 12.9. The molecule has 0 saturated carbocycles. The van der Waals surface area contributed by atoms with E-state index in [0.29, 0.717) is 42.7 Å². The summed E-state index contributed by atoms with van der Waals surface area (Å²) in [4.78, 5) is 22.5. The highest BCUT2D eigenvalue weighted by Gasteiger charge is 2.27. The molecule has 1 saturated heterocycles. The minimum atomic E-state index is 0.0549. The Morgan fingerprint density at radius 1 is 1.19 bits per heavy atom. The van der Waals surface area contributed by atoms with Gasteiger partial charge < -0.3 is 13.8 Å². The molecule has 4 heterocycles. The van der Waals surface area contributed by atoms with Crippen LogP contribution in [0.25, 0.3) is 10.7 Å². The molecule has 0 spiro atoms. The van der Waals surface area contributed by atoms with Gasteiger partial charge in [0.05, 0.1) is 17.0 Å². The molecular formula is C19H22N4O3S. The predicted octanol–water partition coefficient (Wildman–Crippen LogP) is 3.27. The maximum absolute atomic E-state index is 12.9. The van der Waals surface area contributed by atoms with E-state index in [2.05, 4.69) is 15.0 Å². The van der Waals surface area contributed by atoms with Gasteiger partial charge in [0.25, 0.3) is 5.91 Å². The first kappa shape index (κ1) is 17.9. The van der Waals surface area contributed by atoms with Crippen LogP contribution in [0.5, 0.6) is 0 Å². The van der Waals surface area contributed by atoms with Gasteiger partial charge in [-0.05, 0) is 32.2 Å². The number of thiophene rings is 1. The van der Waals surface area contributed by atoms with Crippen molar-refractivity contribution in [2.24, 2.45) is 0 Å². The first-order valence-electron chi connectivity index (χ1n) is 8.97. The number of carbonyl (C=O) groups is 1. The zero-order valence-electron chi connectivity index (χ0n) is 15.7. The van der Waals surface area contributed by atoms with E-state index in [1.54, 1.807) is 11.3 Å². The lowest BCUT2D eigenvalue weighted by Crippen LogP contribution is -2.48. The van der Waals surface area contributed by atoms with Gasteiger partial charge >= 0.3 is 0 Å². The standard InChI is InChI=1S/C19H22N4O3S/c1-12-13(2)25-14(3)17(12)19(24)23-8-6-22(7-9-23)11-16-20-18(21-26-16)15-5-4-10-27-15/h4-5,10H,6-9,11H2,1-3H3. The van der Waals surface area contributed by atoms with Crippen molar-refractivity contribution in [3.8, 4) is 10.7 Å². The van der Waals surface area contributed by atoms with Gasteiger partial charge in [0, 0.05) is 31.7 Å². The molecule has 1 aliphatic heterocycles. The minimum Gasteiger partial charge on any atom is -0.466 e. The third-order valence-corrected chi connectivity index (χ3v) is 5.87. The van der Waals surface area contributed by atoms with Gasteiger partial charge in [-0.15, -0.1) is 11.3 Å². The van der Waals surface area contributed by atoms with E-state index >= 15 is 0 Å². The van der Waals surface area contributed by atoms with Crippen LogP contribution < -0.4 is 0 Å². The summed E-state index contributed by atoms with van der Waals surface area (Å²) in [5.74, 6) is 2.81. The molecule has 0 bridgehead atoms. The summed E-state index contributed by atoms with van der Waals surface area (Å²) in [6.07, 6.45) is 0. The van der Waals surface area contributed by atoms with Crippen LogP contribution in [0.3, 0.4) is 0 Å². The predicted molar refractivity (Wildman–Crippen MR) is 102 cm³/mol. The number of amides is 1. The molecule has 0 atom stereocenters. The number of aromatic nitrogens is 2. The highest BCUT2D eigenvalue weighted by atomic mass is 32.1. The first-order valence-corrected chi connectivity index (χ1v) is 9.85. The smallest absolute Gasteiger partial charge is 0.257 e. The van der Waals surface area contributed by atoms with Crippen LogP contribution >= 0.6 is 11.3 Å². The molecule has 3 aromatic rings. The summed E-state index contributed by atoms with van der Waals surface area (Å²) in [5, 5.41) is 6.04. The lowest BCUT2D eigenvalue weighted by Gasteiger charge is -2.34. The minimum absolute atomic E-state index is 0.0549. The molecule has 27 heavy (non-hydrogen) atoms. The molecule has 142 valence electrons. The average Bonchev–Trinajstić information content (AvgIpc) is 3.37. The van der Waals surface area contributed by atoms with Crippen molar-refractivity contribution in [1.82, 2.24) is 19.9 Å². The van der Waals surface area contributed by atoms with Gasteiger partial charge in [-0.1, -0.05) is 11.2 Å². The quantitative estimate of drug-likeness (QED) is 0.685. The number of hydrogen-bond donors (Lipinski definition) is 0. The molecule has 0 aliphatic carbocycles. The fourth-order valence-electron chi connectivity index (χ4n) is 3.39. The Kier molecular flexibility index (Phi) is 4.84. The number of piperazine rings is 1. The van der Waals surface area contributed by atoms with Gasteiger partial charge in [-0.25, -0.2) is 0 Å². The normalized spacial score (nSPS) is 15.4. The number of furan rings is 1. The fraction of sp³-hybridized carbons (Fsp3) is 0.421. The van der Waals surface area contributed by atoms with Crippen LogP contribution in [0, 0.1) is 20.8 Å². The van der Waals surface area contributed by atoms with Gasteiger partial charge in [0.15, 0.2) is 0 Å². The van der Waals surface area contributed by atoms with Crippen LogP contribution in [0.1, 0.15) is 33.3 Å². The summed E-state index contributed by atoms with van der Waals surface area (Å²) in [5.41, 5.74) is 1.64. The Morgan fingerprint density at radius 2 is 1.96 bits per heavy atom. The second-order valence-corrected chi connectivity index (χ2v) is 7.72. The lowest BCUT2D eigenvalue weighted by molar-refractivity contribution is 0.0613. The van der Waals surface area contributed by atoms with Gasteiger partial charge in [0.2, 0.25) is 11.7 Å². The van der Waals surface area contributed by atoms with Crippen LogP contribution in [0.2, 0.25) is 0 Å². The molecule has 0 radical (unpaired) electrons. The summed E-state index contributed by atoms with van der Waals surface area (Å²) < 4.78 is 11.0. The molecule has 7 nitrogen and oxygen atoms in total. The van der Waals surface area contributed by atoms with E-state index in [1.807, 2.05) is 43.2 Å². The second-order valence-electron chi connectivity index (χ2n) is 6.77. The molecule has 0 aromatic carbocycles. The van der Waals surface area contributed by atoms with Crippen LogP contribution in [-0.4, -0.2) is 52.0 Å². The summed E-state index contributed by atoms with van der Waals surface area (Å²) >= 11 is 1.59. The van der Waals surface area contributed by atoms with E-state index < -0.39 is 0 Å². The van der Waals surface area contributed by atoms with E-state index in [0.717, 1.165) is 29.3 Å². The summed E-state index contributed by atoms with van der Waals surface area (Å²) in [7, 11) is 0. The SMILES string of the molecule is Cc1oc(C)c(C(=O)N2CCN(Cc3nc(-c4cccs4)no3)CC2)c1C. The van der Waals surface area contributed by atoms with Crippen molar-refractivity contribution >= 4 is 17.2 Å². The molecule has 4 rings (SSSR count). The summed E-state index contributed by atoms with van der Waals surface area (Å²) in [6, 6.07) is 3.95. The number of nitrogens with zero attached hydrogens (tertiary/aromatic N) is 4. The van der Waals surface area contributed by atoms with Gasteiger partial charge in [-0.3, -0.25) is 9.69 Å². The van der Waals surface area contributed by atoms with E-state index in [9.17, 15) is 4.79 Å². The van der Waals surface area contributed by atoms with Crippen LogP contribution in [-0.2, 0) is 6.54 Å².